The quantitative estimate of drug-likeness (QED) is 0.843. The average Bonchev–Trinajstić information content (AvgIpc) is 2.47. The minimum absolute atomic E-state index is 0.384. The van der Waals surface area contributed by atoms with Crippen molar-refractivity contribution in [2.75, 3.05) is 0 Å². The highest BCUT2D eigenvalue weighted by molar-refractivity contribution is 5.85. The van der Waals surface area contributed by atoms with Crippen LogP contribution in [0.1, 0.15) is 18.1 Å². The van der Waals surface area contributed by atoms with Gasteiger partial charge in [-0.3, -0.25) is 0 Å². The first-order chi connectivity index (χ1) is 9.69. The number of carbonyl (C=O) groups is 1. The van der Waals surface area contributed by atoms with E-state index in [-0.39, 0.29) is 0 Å². The lowest BCUT2D eigenvalue weighted by molar-refractivity contribution is -0.131. The molecule has 0 aliphatic rings. The van der Waals surface area contributed by atoms with Crippen molar-refractivity contribution >= 4 is 12.0 Å². The van der Waals surface area contributed by atoms with Crippen LogP contribution in [-0.4, -0.2) is 16.1 Å². The van der Waals surface area contributed by atoms with Gasteiger partial charge in [0.1, 0.15) is 5.75 Å². The summed E-state index contributed by atoms with van der Waals surface area (Å²) in [6, 6.07) is 11.2. The molecule has 0 fully saturated rings. The Kier molecular flexibility index (Phi) is 4.50. The third kappa shape index (κ3) is 3.68. The number of hydrogen-bond donors (Lipinski definition) is 1. The number of carboxylic acids is 1. The molecular weight excluding hydrogens is 254 g/mol. The van der Waals surface area contributed by atoms with E-state index in [4.69, 9.17) is 9.84 Å². The van der Waals surface area contributed by atoms with Crippen LogP contribution in [0.15, 0.2) is 48.7 Å². The van der Waals surface area contributed by atoms with E-state index in [1.54, 1.807) is 18.3 Å². The second-order valence-corrected chi connectivity index (χ2v) is 4.17. The second kappa shape index (κ2) is 6.52. The number of aliphatic carboxylic acids is 1. The molecule has 0 bridgehead atoms. The summed E-state index contributed by atoms with van der Waals surface area (Å²) in [7, 11) is 0. The minimum Gasteiger partial charge on any atom is -0.478 e. The van der Waals surface area contributed by atoms with E-state index in [1.165, 1.54) is 11.6 Å². The zero-order chi connectivity index (χ0) is 14.4. The molecule has 1 N–H and O–H groups in total. The molecule has 1 aromatic carbocycles. The molecule has 0 spiro atoms. The lowest BCUT2D eigenvalue weighted by Crippen LogP contribution is -1.92. The third-order valence-electron chi connectivity index (χ3n) is 2.75. The molecule has 0 saturated heterocycles. The molecule has 1 heterocycles. The van der Waals surface area contributed by atoms with E-state index in [2.05, 4.69) is 11.9 Å². The molecule has 20 heavy (non-hydrogen) atoms. The highest BCUT2D eigenvalue weighted by atomic mass is 16.5. The molecule has 102 valence electrons. The van der Waals surface area contributed by atoms with Crippen LogP contribution >= 0.6 is 0 Å². The van der Waals surface area contributed by atoms with Gasteiger partial charge >= 0.3 is 5.97 Å². The van der Waals surface area contributed by atoms with Crippen LogP contribution in [0.2, 0.25) is 0 Å². The number of pyridine rings is 1. The van der Waals surface area contributed by atoms with E-state index in [0.717, 1.165) is 12.5 Å². The van der Waals surface area contributed by atoms with Crippen molar-refractivity contribution in [2.45, 2.75) is 13.3 Å². The number of rotatable bonds is 5. The van der Waals surface area contributed by atoms with Crippen molar-refractivity contribution in [2.24, 2.45) is 0 Å². The van der Waals surface area contributed by atoms with Gasteiger partial charge in [-0.2, -0.15) is 0 Å². The van der Waals surface area contributed by atoms with Crippen molar-refractivity contribution in [1.29, 1.82) is 0 Å². The highest BCUT2D eigenvalue weighted by Gasteiger charge is 2.04. The Hall–Kier alpha value is -2.62. The Morgan fingerprint density at radius 1 is 1.30 bits per heavy atom. The summed E-state index contributed by atoms with van der Waals surface area (Å²) in [4.78, 5) is 14.7. The van der Waals surface area contributed by atoms with Crippen molar-refractivity contribution < 1.29 is 14.6 Å². The number of ether oxygens (including phenoxy) is 1. The molecule has 0 atom stereocenters. The summed E-state index contributed by atoms with van der Waals surface area (Å²) in [5, 5.41) is 8.67. The highest BCUT2D eigenvalue weighted by Crippen LogP contribution is 2.24. The Morgan fingerprint density at radius 2 is 2.05 bits per heavy atom. The molecule has 4 heteroatoms. The van der Waals surface area contributed by atoms with Crippen LogP contribution < -0.4 is 4.74 Å². The molecule has 0 aliphatic heterocycles. The summed E-state index contributed by atoms with van der Waals surface area (Å²) in [5.41, 5.74) is 1.85. The maximum absolute atomic E-state index is 10.6. The molecule has 0 aliphatic carbocycles. The van der Waals surface area contributed by atoms with Gasteiger partial charge in [0, 0.05) is 17.8 Å². The summed E-state index contributed by atoms with van der Waals surface area (Å²) in [5.74, 6) is 0.0484. The smallest absolute Gasteiger partial charge is 0.328 e. The number of aryl methyl sites for hydroxylation is 1. The topological polar surface area (TPSA) is 59.4 Å². The predicted octanol–water partition coefficient (Wildman–Crippen LogP) is 3.53. The standard InChI is InChI=1S/C16H15NO3/c1-2-12-5-8-14(9-6-12)20-16-13(4-3-11-17-16)7-10-15(18)19/h3-11H,2H2,1H3,(H,18,19)/b10-7+. The maximum atomic E-state index is 10.6. The Morgan fingerprint density at radius 3 is 2.70 bits per heavy atom. The molecule has 0 radical (unpaired) electrons. The van der Waals surface area contributed by atoms with Gasteiger partial charge < -0.3 is 9.84 Å². The molecule has 2 aromatic rings. The first-order valence-corrected chi connectivity index (χ1v) is 6.32. The maximum Gasteiger partial charge on any atom is 0.328 e. The van der Waals surface area contributed by atoms with Gasteiger partial charge in [-0.05, 0) is 42.3 Å². The van der Waals surface area contributed by atoms with Crippen molar-refractivity contribution in [1.82, 2.24) is 4.98 Å². The summed E-state index contributed by atoms with van der Waals surface area (Å²) < 4.78 is 5.69. The molecule has 0 saturated carbocycles. The van der Waals surface area contributed by atoms with E-state index >= 15 is 0 Å². The minimum atomic E-state index is -1.01. The summed E-state index contributed by atoms with van der Waals surface area (Å²) in [6.07, 6.45) is 5.10. The van der Waals surface area contributed by atoms with E-state index in [0.29, 0.717) is 17.2 Å². The zero-order valence-electron chi connectivity index (χ0n) is 11.1. The lowest BCUT2D eigenvalue weighted by atomic mass is 10.2. The molecule has 2 rings (SSSR count). The average molecular weight is 269 g/mol. The fraction of sp³-hybridized carbons (Fsp3) is 0.125. The summed E-state index contributed by atoms with van der Waals surface area (Å²) in [6.45, 7) is 2.09. The Labute approximate surface area is 117 Å². The molecule has 0 amide bonds. The Bertz CT molecular complexity index is 618. The number of aromatic nitrogens is 1. The number of carboxylic acid groups (broad SMARTS) is 1. The fourth-order valence-corrected chi connectivity index (χ4v) is 1.68. The van der Waals surface area contributed by atoms with Gasteiger partial charge in [0.25, 0.3) is 0 Å². The van der Waals surface area contributed by atoms with Gasteiger partial charge in [0.15, 0.2) is 0 Å². The van der Waals surface area contributed by atoms with Gasteiger partial charge in [-0.1, -0.05) is 19.1 Å². The molecule has 0 unspecified atom stereocenters. The molecule has 4 nitrogen and oxygen atoms in total. The monoisotopic (exact) mass is 269 g/mol. The number of hydrogen-bond acceptors (Lipinski definition) is 3. The predicted molar refractivity (Wildman–Crippen MR) is 76.8 cm³/mol. The van der Waals surface area contributed by atoms with Crippen molar-refractivity contribution in [3.8, 4) is 11.6 Å². The van der Waals surface area contributed by atoms with Gasteiger partial charge in [-0.15, -0.1) is 0 Å². The van der Waals surface area contributed by atoms with Gasteiger partial charge in [0.05, 0.1) is 0 Å². The first kappa shape index (κ1) is 13.8. The molecule has 1 aromatic heterocycles. The fourth-order valence-electron chi connectivity index (χ4n) is 1.68. The van der Waals surface area contributed by atoms with Gasteiger partial charge in [-0.25, -0.2) is 9.78 Å². The summed E-state index contributed by atoms with van der Waals surface area (Å²) >= 11 is 0. The second-order valence-electron chi connectivity index (χ2n) is 4.17. The zero-order valence-corrected chi connectivity index (χ0v) is 11.1. The molecular formula is C16H15NO3. The Balaban J connectivity index is 2.21. The van der Waals surface area contributed by atoms with Crippen LogP contribution in [0.25, 0.3) is 6.08 Å². The van der Waals surface area contributed by atoms with E-state index in [9.17, 15) is 4.79 Å². The van der Waals surface area contributed by atoms with Crippen molar-refractivity contribution in [3.05, 3.63) is 59.8 Å². The van der Waals surface area contributed by atoms with Crippen LogP contribution in [0.3, 0.4) is 0 Å². The van der Waals surface area contributed by atoms with Crippen LogP contribution in [0.5, 0.6) is 11.6 Å². The number of benzene rings is 1. The van der Waals surface area contributed by atoms with Crippen molar-refractivity contribution in [3.63, 3.8) is 0 Å². The van der Waals surface area contributed by atoms with Crippen LogP contribution in [0.4, 0.5) is 0 Å². The van der Waals surface area contributed by atoms with Crippen LogP contribution in [-0.2, 0) is 11.2 Å². The van der Waals surface area contributed by atoms with Crippen LogP contribution in [0, 0.1) is 0 Å². The van der Waals surface area contributed by atoms with Gasteiger partial charge in [0.2, 0.25) is 5.88 Å². The normalized spacial score (nSPS) is 10.7. The van der Waals surface area contributed by atoms with E-state index < -0.39 is 5.97 Å². The SMILES string of the molecule is CCc1ccc(Oc2ncccc2/C=C/C(=O)O)cc1. The first-order valence-electron chi connectivity index (χ1n) is 6.32. The number of nitrogens with zero attached hydrogens (tertiary/aromatic N) is 1. The van der Waals surface area contributed by atoms with E-state index in [1.807, 2.05) is 24.3 Å². The third-order valence-corrected chi connectivity index (χ3v) is 2.75. The largest absolute Gasteiger partial charge is 0.478 e. The lowest BCUT2D eigenvalue weighted by Gasteiger charge is -2.07.